The van der Waals surface area contributed by atoms with Crippen LogP contribution in [0.1, 0.15) is 23.7 Å². The average Bonchev–Trinajstić information content (AvgIpc) is 2.76. The number of benzene rings is 1. The quantitative estimate of drug-likeness (QED) is 0.671. The SMILES string of the molecule is CC(=O)NC1CCN(c2cc(C(N)=O)ccc2N)C1. The molecule has 0 aromatic heterocycles. The van der Waals surface area contributed by atoms with Gasteiger partial charge in [0, 0.05) is 31.6 Å². The summed E-state index contributed by atoms with van der Waals surface area (Å²) in [6.45, 7) is 2.98. The van der Waals surface area contributed by atoms with Gasteiger partial charge in [-0.05, 0) is 24.6 Å². The first-order valence-electron chi connectivity index (χ1n) is 6.18. The summed E-state index contributed by atoms with van der Waals surface area (Å²) < 4.78 is 0. The van der Waals surface area contributed by atoms with Gasteiger partial charge in [-0.2, -0.15) is 0 Å². The summed E-state index contributed by atoms with van der Waals surface area (Å²) in [5.74, 6) is -0.510. The molecule has 1 aromatic carbocycles. The van der Waals surface area contributed by atoms with Gasteiger partial charge in [-0.25, -0.2) is 0 Å². The predicted molar refractivity (Wildman–Crippen MR) is 73.8 cm³/mol. The summed E-state index contributed by atoms with van der Waals surface area (Å²) in [5, 5.41) is 2.89. The Morgan fingerprint density at radius 3 is 2.79 bits per heavy atom. The molecule has 1 heterocycles. The molecule has 1 fully saturated rings. The summed E-state index contributed by atoms with van der Waals surface area (Å²) in [6.07, 6.45) is 0.861. The largest absolute Gasteiger partial charge is 0.397 e. The summed E-state index contributed by atoms with van der Waals surface area (Å²) in [5.41, 5.74) is 13.0. The minimum absolute atomic E-state index is 0.0364. The maximum Gasteiger partial charge on any atom is 0.248 e. The lowest BCUT2D eigenvalue weighted by atomic mass is 10.1. The standard InChI is InChI=1S/C13H18N4O2/c1-8(18)16-10-4-5-17(7-10)12-6-9(13(15)19)2-3-11(12)14/h2-3,6,10H,4-5,7,14H2,1H3,(H2,15,19)(H,16,18). The molecule has 1 aliphatic heterocycles. The third kappa shape index (κ3) is 2.96. The van der Waals surface area contributed by atoms with Gasteiger partial charge in [0.1, 0.15) is 0 Å². The molecule has 0 bridgehead atoms. The molecule has 2 rings (SSSR count). The third-order valence-electron chi connectivity index (χ3n) is 3.25. The molecule has 1 saturated heterocycles. The van der Waals surface area contributed by atoms with E-state index in [0.29, 0.717) is 17.8 Å². The molecule has 0 saturated carbocycles. The van der Waals surface area contributed by atoms with Crippen molar-refractivity contribution in [3.05, 3.63) is 23.8 Å². The smallest absolute Gasteiger partial charge is 0.248 e. The van der Waals surface area contributed by atoms with E-state index in [4.69, 9.17) is 11.5 Å². The van der Waals surface area contributed by atoms with Crippen LogP contribution in [0.15, 0.2) is 18.2 Å². The molecular formula is C13H18N4O2. The van der Waals surface area contributed by atoms with Crippen molar-refractivity contribution in [3.8, 4) is 0 Å². The van der Waals surface area contributed by atoms with Gasteiger partial charge in [0.2, 0.25) is 11.8 Å². The normalized spacial score (nSPS) is 18.4. The van der Waals surface area contributed by atoms with E-state index in [2.05, 4.69) is 10.2 Å². The van der Waals surface area contributed by atoms with Gasteiger partial charge < -0.3 is 21.7 Å². The summed E-state index contributed by atoms with van der Waals surface area (Å²) in [7, 11) is 0. The van der Waals surface area contributed by atoms with Crippen LogP contribution in [0.4, 0.5) is 11.4 Å². The highest BCUT2D eigenvalue weighted by Crippen LogP contribution is 2.27. The van der Waals surface area contributed by atoms with Crippen LogP contribution in [-0.4, -0.2) is 30.9 Å². The Morgan fingerprint density at radius 2 is 2.16 bits per heavy atom. The first-order chi connectivity index (χ1) is 8.97. The summed E-state index contributed by atoms with van der Waals surface area (Å²) in [6, 6.07) is 5.12. The van der Waals surface area contributed by atoms with Gasteiger partial charge >= 0.3 is 0 Å². The fourth-order valence-corrected chi connectivity index (χ4v) is 2.36. The Labute approximate surface area is 111 Å². The molecule has 1 aliphatic rings. The second-order valence-corrected chi connectivity index (χ2v) is 4.77. The number of nitrogens with zero attached hydrogens (tertiary/aromatic N) is 1. The van der Waals surface area contributed by atoms with Crippen LogP contribution in [0.5, 0.6) is 0 Å². The molecule has 102 valence electrons. The molecule has 6 heteroatoms. The zero-order valence-corrected chi connectivity index (χ0v) is 10.8. The van der Waals surface area contributed by atoms with E-state index in [0.717, 1.165) is 18.7 Å². The second kappa shape index (κ2) is 5.17. The van der Waals surface area contributed by atoms with Crippen molar-refractivity contribution in [1.29, 1.82) is 0 Å². The second-order valence-electron chi connectivity index (χ2n) is 4.77. The van der Waals surface area contributed by atoms with Crippen molar-refractivity contribution in [3.63, 3.8) is 0 Å². The van der Waals surface area contributed by atoms with Crippen LogP contribution < -0.4 is 21.7 Å². The number of primary amides is 1. The Balaban J connectivity index is 2.16. The minimum atomic E-state index is -0.473. The van der Waals surface area contributed by atoms with E-state index in [1.165, 1.54) is 6.92 Å². The molecule has 5 N–H and O–H groups in total. The van der Waals surface area contributed by atoms with E-state index in [1.54, 1.807) is 18.2 Å². The van der Waals surface area contributed by atoms with Crippen LogP contribution in [0.2, 0.25) is 0 Å². The fraction of sp³-hybridized carbons (Fsp3) is 0.385. The van der Waals surface area contributed by atoms with Gasteiger partial charge in [-0.3, -0.25) is 9.59 Å². The molecule has 6 nitrogen and oxygen atoms in total. The number of rotatable bonds is 3. The summed E-state index contributed by atoms with van der Waals surface area (Å²) >= 11 is 0. The third-order valence-corrected chi connectivity index (χ3v) is 3.25. The average molecular weight is 262 g/mol. The maximum absolute atomic E-state index is 11.2. The molecule has 0 spiro atoms. The van der Waals surface area contributed by atoms with E-state index in [1.807, 2.05) is 0 Å². The van der Waals surface area contributed by atoms with Crippen LogP contribution >= 0.6 is 0 Å². The molecule has 1 atom stereocenters. The van der Waals surface area contributed by atoms with Crippen LogP contribution in [0, 0.1) is 0 Å². The molecule has 2 amide bonds. The zero-order chi connectivity index (χ0) is 14.0. The fourth-order valence-electron chi connectivity index (χ4n) is 2.36. The number of amides is 2. The monoisotopic (exact) mass is 262 g/mol. The van der Waals surface area contributed by atoms with E-state index in [9.17, 15) is 9.59 Å². The first kappa shape index (κ1) is 13.2. The Morgan fingerprint density at radius 1 is 1.42 bits per heavy atom. The van der Waals surface area contributed by atoms with Gasteiger partial charge in [0.15, 0.2) is 0 Å². The lowest BCUT2D eigenvalue weighted by Crippen LogP contribution is -2.35. The highest BCUT2D eigenvalue weighted by molar-refractivity contribution is 5.95. The molecule has 0 radical (unpaired) electrons. The van der Waals surface area contributed by atoms with E-state index in [-0.39, 0.29) is 11.9 Å². The molecule has 1 unspecified atom stereocenters. The number of nitrogens with two attached hydrogens (primary N) is 2. The summed E-state index contributed by atoms with van der Waals surface area (Å²) in [4.78, 5) is 24.3. The van der Waals surface area contributed by atoms with Crippen molar-refractivity contribution < 1.29 is 9.59 Å². The Kier molecular flexibility index (Phi) is 3.59. The number of hydrogen-bond donors (Lipinski definition) is 3. The van der Waals surface area contributed by atoms with Crippen molar-refractivity contribution in [2.75, 3.05) is 23.7 Å². The van der Waals surface area contributed by atoms with Crippen molar-refractivity contribution >= 4 is 23.2 Å². The Bertz CT molecular complexity index is 515. The highest BCUT2D eigenvalue weighted by Gasteiger charge is 2.24. The van der Waals surface area contributed by atoms with Gasteiger partial charge in [-0.1, -0.05) is 0 Å². The number of nitrogens with one attached hydrogen (secondary N) is 1. The first-order valence-corrected chi connectivity index (χ1v) is 6.18. The maximum atomic E-state index is 11.2. The van der Waals surface area contributed by atoms with Crippen LogP contribution in [0.25, 0.3) is 0 Å². The van der Waals surface area contributed by atoms with Crippen LogP contribution in [0.3, 0.4) is 0 Å². The van der Waals surface area contributed by atoms with E-state index < -0.39 is 5.91 Å². The number of carbonyl (C=O) groups is 2. The molecule has 1 aromatic rings. The predicted octanol–water partition coefficient (Wildman–Crippen LogP) is 0.0825. The number of hydrogen-bond acceptors (Lipinski definition) is 4. The van der Waals surface area contributed by atoms with Gasteiger partial charge in [0.05, 0.1) is 11.4 Å². The topological polar surface area (TPSA) is 101 Å². The Hall–Kier alpha value is -2.24. The number of nitrogen functional groups attached to an aromatic ring is 1. The lowest BCUT2D eigenvalue weighted by Gasteiger charge is -2.21. The zero-order valence-electron chi connectivity index (χ0n) is 10.8. The van der Waals surface area contributed by atoms with Crippen LogP contribution in [-0.2, 0) is 4.79 Å². The highest BCUT2D eigenvalue weighted by atomic mass is 16.1. The molecule has 0 aliphatic carbocycles. The molecule has 19 heavy (non-hydrogen) atoms. The molecular weight excluding hydrogens is 244 g/mol. The van der Waals surface area contributed by atoms with Crippen molar-refractivity contribution in [1.82, 2.24) is 5.32 Å². The number of anilines is 2. The van der Waals surface area contributed by atoms with Crippen molar-refractivity contribution in [2.45, 2.75) is 19.4 Å². The number of carbonyl (C=O) groups excluding carboxylic acids is 2. The lowest BCUT2D eigenvalue weighted by molar-refractivity contribution is -0.119. The minimum Gasteiger partial charge on any atom is -0.397 e. The van der Waals surface area contributed by atoms with Gasteiger partial charge in [0.25, 0.3) is 0 Å². The van der Waals surface area contributed by atoms with Crippen molar-refractivity contribution in [2.24, 2.45) is 5.73 Å². The van der Waals surface area contributed by atoms with E-state index >= 15 is 0 Å². The van der Waals surface area contributed by atoms with Gasteiger partial charge in [-0.15, -0.1) is 0 Å².